The SMILES string of the molecule is Clc1cccc(Cl)c1CN(CCBr)C1CCCCC1. The zero-order valence-electron chi connectivity index (χ0n) is 11.0. The number of hydrogen-bond acceptors (Lipinski definition) is 1. The topological polar surface area (TPSA) is 3.24 Å². The lowest BCUT2D eigenvalue weighted by Gasteiger charge is -2.34. The van der Waals surface area contributed by atoms with E-state index in [4.69, 9.17) is 23.2 Å². The summed E-state index contributed by atoms with van der Waals surface area (Å²) >= 11 is 16.1. The number of alkyl halides is 1. The number of halogens is 3. The van der Waals surface area contributed by atoms with Crippen LogP contribution in [0.3, 0.4) is 0 Å². The van der Waals surface area contributed by atoms with E-state index in [0.717, 1.165) is 34.0 Å². The summed E-state index contributed by atoms with van der Waals surface area (Å²) in [7, 11) is 0. The van der Waals surface area contributed by atoms with Crippen LogP contribution in [0.4, 0.5) is 0 Å². The Balaban J connectivity index is 2.11. The smallest absolute Gasteiger partial charge is 0.0465 e. The average molecular weight is 365 g/mol. The normalized spacial score (nSPS) is 17.1. The fraction of sp³-hybridized carbons (Fsp3) is 0.600. The molecule has 0 unspecified atom stereocenters. The van der Waals surface area contributed by atoms with E-state index in [1.54, 1.807) is 0 Å². The molecule has 1 saturated carbocycles. The molecule has 2 rings (SSSR count). The zero-order valence-corrected chi connectivity index (χ0v) is 14.1. The van der Waals surface area contributed by atoms with Crippen molar-refractivity contribution < 1.29 is 0 Å². The first-order valence-corrected chi connectivity index (χ1v) is 8.83. The number of rotatable bonds is 5. The summed E-state index contributed by atoms with van der Waals surface area (Å²) in [6.07, 6.45) is 6.68. The highest BCUT2D eigenvalue weighted by atomic mass is 79.9. The fourth-order valence-electron chi connectivity index (χ4n) is 2.83. The maximum absolute atomic E-state index is 6.29. The Hall–Kier alpha value is 0.240. The van der Waals surface area contributed by atoms with Gasteiger partial charge in [-0.15, -0.1) is 0 Å². The molecule has 0 N–H and O–H groups in total. The maximum atomic E-state index is 6.29. The molecule has 0 radical (unpaired) electrons. The standard InChI is InChI=1S/C15H20BrCl2N/c16-9-10-19(12-5-2-1-3-6-12)11-13-14(17)7-4-8-15(13)18/h4,7-8,12H,1-3,5-6,9-11H2. The van der Waals surface area contributed by atoms with Crippen LogP contribution in [0.5, 0.6) is 0 Å². The third-order valence-corrected chi connectivity index (χ3v) is 4.95. The van der Waals surface area contributed by atoms with Crippen LogP contribution in [0.25, 0.3) is 0 Å². The van der Waals surface area contributed by atoms with Gasteiger partial charge in [-0.05, 0) is 25.0 Å². The molecule has 4 heteroatoms. The summed E-state index contributed by atoms with van der Waals surface area (Å²) in [5, 5.41) is 2.55. The minimum atomic E-state index is 0.679. The van der Waals surface area contributed by atoms with E-state index in [1.165, 1.54) is 32.1 Å². The van der Waals surface area contributed by atoms with Crippen molar-refractivity contribution in [3.8, 4) is 0 Å². The molecule has 1 aliphatic rings. The summed E-state index contributed by atoms with van der Waals surface area (Å²) in [6.45, 7) is 1.90. The first kappa shape index (κ1) is 15.6. The maximum Gasteiger partial charge on any atom is 0.0465 e. The van der Waals surface area contributed by atoms with Crippen LogP contribution in [-0.2, 0) is 6.54 Å². The molecule has 1 fully saturated rings. The van der Waals surface area contributed by atoms with Gasteiger partial charge in [-0.2, -0.15) is 0 Å². The Labute approximate surface area is 134 Å². The molecule has 19 heavy (non-hydrogen) atoms. The van der Waals surface area contributed by atoms with Crippen LogP contribution in [0.15, 0.2) is 18.2 Å². The molecule has 0 saturated heterocycles. The van der Waals surface area contributed by atoms with E-state index in [0.29, 0.717) is 6.04 Å². The Morgan fingerprint density at radius 3 is 2.32 bits per heavy atom. The lowest BCUT2D eigenvalue weighted by atomic mass is 9.94. The van der Waals surface area contributed by atoms with Crippen molar-refractivity contribution in [2.75, 3.05) is 11.9 Å². The lowest BCUT2D eigenvalue weighted by Crippen LogP contribution is -2.37. The third kappa shape index (κ3) is 4.35. The Kier molecular flexibility index (Phi) is 6.48. The van der Waals surface area contributed by atoms with Gasteiger partial charge in [-0.25, -0.2) is 0 Å². The van der Waals surface area contributed by atoms with Gasteiger partial charge in [0, 0.05) is 40.1 Å². The lowest BCUT2D eigenvalue weighted by molar-refractivity contribution is 0.158. The van der Waals surface area contributed by atoms with Crippen molar-refractivity contribution in [1.82, 2.24) is 4.90 Å². The van der Waals surface area contributed by atoms with Gasteiger partial charge in [-0.3, -0.25) is 4.90 Å². The highest BCUT2D eigenvalue weighted by molar-refractivity contribution is 9.09. The summed E-state index contributed by atoms with van der Waals surface area (Å²) in [5.41, 5.74) is 1.07. The van der Waals surface area contributed by atoms with Gasteiger partial charge >= 0.3 is 0 Å². The molecule has 0 atom stereocenters. The van der Waals surface area contributed by atoms with Crippen LogP contribution < -0.4 is 0 Å². The molecule has 1 aromatic rings. The molecule has 1 nitrogen and oxygen atoms in total. The summed E-state index contributed by atoms with van der Waals surface area (Å²) in [5.74, 6) is 0. The molecular formula is C15H20BrCl2N. The van der Waals surface area contributed by atoms with Gasteiger partial charge in [0.05, 0.1) is 0 Å². The predicted molar refractivity (Wildman–Crippen MR) is 87.5 cm³/mol. The molecule has 0 heterocycles. The fourth-order valence-corrected chi connectivity index (χ4v) is 3.80. The monoisotopic (exact) mass is 363 g/mol. The van der Waals surface area contributed by atoms with Gasteiger partial charge < -0.3 is 0 Å². The van der Waals surface area contributed by atoms with E-state index in [2.05, 4.69) is 20.8 Å². The molecule has 106 valence electrons. The van der Waals surface area contributed by atoms with Crippen molar-refractivity contribution >= 4 is 39.1 Å². The number of nitrogens with zero attached hydrogens (tertiary/aromatic N) is 1. The molecule has 0 aromatic heterocycles. The van der Waals surface area contributed by atoms with Crippen molar-refractivity contribution in [2.24, 2.45) is 0 Å². The molecule has 1 aromatic carbocycles. The first-order valence-electron chi connectivity index (χ1n) is 6.95. The Bertz CT molecular complexity index is 385. The van der Waals surface area contributed by atoms with E-state index in [-0.39, 0.29) is 0 Å². The Morgan fingerprint density at radius 2 is 1.74 bits per heavy atom. The van der Waals surface area contributed by atoms with Crippen LogP contribution in [0, 0.1) is 0 Å². The predicted octanol–water partition coefficient (Wildman–Crippen LogP) is 5.52. The number of hydrogen-bond donors (Lipinski definition) is 0. The molecule has 0 spiro atoms. The zero-order chi connectivity index (χ0) is 13.7. The highest BCUT2D eigenvalue weighted by Gasteiger charge is 2.22. The van der Waals surface area contributed by atoms with Crippen molar-refractivity contribution in [1.29, 1.82) is 0 Å². The molecular weight excluding hydrogens is 345 g/mol. The van der Waals surface area contributed by atoms with Crippen LogP contribution >= 0.6 is 39.1 Å². The van der Waals surface area contributed by atoms with Crippen LogP contribution in [-0.4, -0.2) is 22.8 Å². The summed E-state index contributed by atoms with van der Waals surface area (Å²) < 4.78 is 0. The van der Waals surface area contributed by atoms with Crippen molar-refractivity contribution in [3.05, 3.63) is 33.8 Å². The van der Waals surface area contributed by atoms with E-state index in [9.17, 15) is 0 Å². The largest absolute Gasteiger partial charge is 0.295 e. The summed E-state index contributed by atoms with van der Waals surface area (Å²) in [6, 6.07) is 6.44. The van der Waals surface area contributed by atoms with Crippen LogP contribution in [0.2, 0.25) is 10.0 Å². The molecule has 0 bridgehead atoms. The second-order valence-corrected chi connectivity index (χ2v) is 6.76. The van der Waals surface area contributed by atoms with Gasteiger partial charge in [-0.1, -0.05) is 64.5 Å². The number of benzene rings is 1. The van der Waals surface area contributed by atoms with E-state index in [1.807, 2.05) is 18.2 Å². The minimum Gasteiger partial charge on any atom is -0.295 e. The molecule has 1 aliphatic carbocycles. The second kappa shape index (κ2) is 7.87. The Morgan fingerprint density at radius 1 is 1.11 bits per heavy atom. The van der Waals surface area contributed by atoms with Gasteiger partial charge in [0.15, 0.2) is 0 Å². The van der Waals surface area contributed by atoms with Crippen molar-refractivity contribution in [2.45, 2.75) is 44.7 Å². The summed E-state index contributed by atoms with van der Waals surface area (Å²) in [4.78, 5) is 2.53. The second-order valence-electron chi connectivity index (χ2n) is 5.15. The van der Waals surface area contributed by atoms with Crippen molar-refractivity contribution in [3.63, 3.8) is 0 Å². The molecule has 0 amide bonds. The van der Waals surface area contributed by atoms with E-state index >= 15 is 0 Å². The van der Waals surface area contributed by atoms with Gasteiger partial charge in [0.1, 0.15) is 0 Å². The highest BCUT2D eigenvalue weighted by Crippen LogP contribution is 2.29. The first-order chi connectivity index (χ1) is 9.22. The quantitative estimate of drug-likeness (QED) is 0.621. The average Bonchev–Trinajstić information content (AvgIpc) is 2.43. The van der Waals surface area contributed by atoms with Crippen LogP contribution in [0.1, 0.15) is 37.7 Å². The van der Waals surface area contributed by atoms with Gasteiger partial charge in [0.25, 0.3) is 0 Å². The minimum absolute atomic E-state index is 0.679. The third-order valence-electron chi connectivity index (χ3n) is 3.89. The molecule has 0 aliphatic heterocycles. The van der Waals surface area contributed by atoms with E-state index < -0.39 is 0 Å². The van der Waals surface area contributed by atoms with Gasteiger partial charge in [0.2, 0.25) is 0 Å².